The SMILES string of the molecule is CCCCN(CC)C(CN)c1cc(Cl)ccc1F. The summed E-state index contributed by atoms with van der Waals surface area (Å²) in [6, 6.07) is 4.56. The van der Waals surface area contributed by atoms with E-state index in [-0.39, 0.29) is 11.9 Å². The van der Waals surface area contributed by atoms with E-state index in [1.165, 1.54) is 6.07 Å². The standard InChI is InChI=1S/C14H22ClFN2/c1-3-5-8-18(4-2)14(10-17)12-9-11(15)6-7-13(12)16/h6-7,9,14H,3-5,8,10,17H2,1-2H3. The van der Waals surface area contributed by atoms with E-state index in [0.717, 1.165) is 25.9 Å². The van der Waals surface area contributed by atoms with Gasteiger partial charge in [-0.2, -0.15) is 0 Å². The van der Waals surface area contributed by atoms with E-state index in [9.17, 15) is 4.39 Å². The largest absolute Gasteiger partial charge is 0.329 e. The highest BCUT2D eigenvalue weighted by atomic mass is 35.5. The van der Waals surface area contributed by atoms with Crippen LogP contribution in [0.5, 0.6) is 0 Å². The van der Waals surface area contributed by atoms with Crippen LogP contribution in [-0.2, 0) is 0 Å². The normalized spacial score (nSPS) is 13.0. The van der Waals surface area contributed by atoms with Crippen molar-refractivity contribution >= 4 is 11.6 Å². The Morgan fingerprint density at radius 2 is 2.11 bits per heavy atom. The molecule has 0 saturated heterocycles. The van der Waals surface area contributed by atoms with Crippen LogP contribution >= 0.6 is 11.6 Å². The minimum absolute atomic E-state index is 0.0970. The molecule has 1 rings (SSSR count). The fourth-order valence-electron chi connectivity index (χ4n) is 2.14. The quantitative estimate of drug-likeness (QED) is 0.822. The van der Waals surface area contributed by atoms with Crippen LogP contribution in [0.4, 0.5) is 4.39 Å². The summed E-state index contributed by atoms with van der Waals surface area (Å²) in [5, 5.41) is 0.552. The van der Waals surface area contributed by atoms with Crippen molar-refractivity contribution in [1.29, 1.82) is 0 Å². The van der Waals surface area contributed by atoms with Gasteiger partial charge in [-0.15, -0.1) is 0 Å². The molecule has 102 valence electrons. The van der Waals surface area contributed by atoms with Gasteiger partial charge in [0.1, 0.15) is 5.82 Å². The van der Waals surface area contributed by atoms with E-state index >= 15 is 0 Å². The summed E-state index contributed by atoms with van der Waals surface area (Å²) < 4.78 is 13.9. The van der Waals surface area contributed by atoms with Crippen molar-refractivity contribution in [3.8, 4) is 0 Å². The first-order valence-electron chi connectivity index (χ1n) is 6.53. The van der Waals surface area contributed by atoms with Crippen molar-refractivity contribution in [3.63, 3.8) is 0 Å². The molecule has 1 atom stereocenters. The summed E-state index contributed by atoms with van der Waals surface area (Å²) in [4.78, 5) is 2.21. The van der Waals surface area contributed by atoms with E-state index < -0.39 is 0 Å². The average Bonchev–Trinajstić information content (AvgIpc) is 2.38. The minimum Gasteiger partial charge on any atom is -0.329 e. The van der Waals surface area contributed by atoms with Crippen molar-refractivity contribution in [2.45, 2.75) is 32.7 Å². The van der Waals surface area contributed by atoms with Crippen LogP contribution < -0.4 is 5.73 Å². The molecule has 0 aliphatic carbocycles. The van der Waals surface area contributed by atoms with Gasteiger partial charge in [0.2, 0.25) is 0 Å². The van der Waals surface area contributed by atoms with Crippen molar-refractivity contribution in [2.24, 2.45) is 5.73 Å². The lowest BCUT2D eigenvalue weighted by Crippen LogP contribution is -2.35. The average molecular weight is 273 g/mol. The van der Waals surface area contributed by atoms with Gasteiger partial charge in [-0.1, -0.05) is 31.9 Å². The third-order valence-electron chi connectivity index (χ3n) is 3.19. The van der Waals surface area contributed by atoms with Crippen LogP contribution in [0.1, 0.15) is 38.3 Å². The maximum Gasteiger partial charge on any atom is 0.128 e. The first-order valence-corrected chi connectivity index (χ1v) is 6.90. The molecule has 1 aromatic carbocycles. The second-order valence-corrected chi connectivity index (χ2v) is 4.84. The van der Waals surface area contributed by atoms with Crippen LogP contribution in [-0.4, -0.2) is 24.5 Å². The molecule has 4 heteroatoms. The Labute approximate surface area is 114 Å². The lowest BCUT2D eigenvalue weighted by Gasteiger charge is -2.30. The molecule has 1 unspecified atom stereocenters. The number of benzene rings is 1. The van der Waals surface area contributed by atoms with Crippen molar-refractivity contribution in [1.82, 2.24) is 4.90 Å². The molecule has 0 radical (unpaired) electrons. The lowest BCUT2D eigenvalue weighted by atomic mass is 10.0. The first-order chi connectivity index (χ1) is 8.63. The summed E-state index contributed by atoms with van der Waals surface area (Å²) in [5.74, 6) is -0.232. The predicted octanol–water partition coefficient (Wildman–Crippen LogP) is 3.60. The third-order valence-corrected chi connectivity index (χ3v) is 3.42. The van der Waals surface area contributed by atoms with E-state index in [1.807, 2.05) is 0 Å². The van der Waals surface area contributed by atoms with Gasteiger partial charge in [0.15, 0.2) is 0 Å². The molecular formula is C14H22ClFN2. The van der Waals surface area contributed by atoms with Gasteiger partial charge in [-0.25, -0.2) is 4.39 Å². The Balaban J connectivity index is 2.95. The highest BCUT2D eigenvalue weighted by Gasteiger charge is 2.20. The van der Waals surface area contributed by atoms with E-state index in [1.54, 1.807) is 12.1 Å². The van der Waals surface area contributed by atoms with Crippen molar-refractivity contribution < 1.29 is 4.39 Å². The van der Waals surface area contributed by atoms with Crippen molar-refractivity contribution in [2.75, 3.05) is 19.6 Å². The zero-order valence-corrected chi connectivity index (χ0v) is 11.9. The number of unbranched alkanes of at least 4 members (excludes halogenated alkanes) is 1. The van der Waals surface area contributed by atoms with Gasteiger partial charge >= 0.3 is 0 Å². The Morgan fingerprint density at radius 1 is 1.39 bits per heavy atom. The molecule has 2 N–H and O–H groups in total. The second kappa shape index (κ2) is 7.72. The van der Waals surface area contributed by atoms with Gasteiger partial charge in [0.25, 0.3) is 0 Å². The highest BCUT2D eigenvalue weighted by Crippen LogP contribution is 2.25. The lowest BCUT2D eigenvalue weighted by molar-refractivity contribution is 0.205. The molecule has 1 aromatic rings. The Hall–Kier alpha value is -0.640. The molecule has 0 fully saturated rings. The molecule has 0 spiro atoms. The molecular weight excluding hydrogens is 251 g/mol. The molecule has 0 aliphatic heterocycles. The van der Waals surface area contributed by atoms with Crippen molar-refractivity contribution in [3.05, 3.63) is 34.6 Å². The zero-order chi connectivity index (χ0) is 13.5. The number of rotatable bonds is 7. The fraction of sp³-hybridized carbons (Fsp3) is 0.571. The number of nitrogens with two attached hydrogens (primary N) is 1. The zero-order valence-electron chi connectivity index (χ0n) is 11.1. The Morgan fingerprint density at radius 3 is 2.67 bits per heavy atom. The summed E-state index contributed by atoms with van der Waals surface area (Å²) in [6.07, 6.45) is 2.21. The van der Waals surface area contributed by atoms with Crippen LogP contribution in [0.25, 0.3) is 0 Å². The molecule has 0 heterocycles. The maximum absolute atomic E-state index is 13.9. The predicted molar refractivity (Wildman–Crippen MR) is 75.4 cm³/mol. The smallest absolute Gasteiger partial charge is 0.128 e. The second-order valence-electron chi connectivity index (χ2n) is 4.40. The number of hydrogen-bond acceptors (Lipinski definition) is 2. The van der Waals surface area contributed by atoms with Gasteiger partial charge < -0.3 is 5.73 Å². The van der Waals surface area contributed by atoms with Gasteiger partial charge in [0, 0.05) is 23.2 Å². The highest BCUT2D eigenvalue weighted by molar-refractivity contribution is 6.30. The fourth-order valence-corrected chi connectivity index (χ4v) is 2.32. The molecule has 18 heavy (non-hydrogen) atoms. The van der Waals surface area contributed by atoms with E-state index in [4.69, 9.17) is 17.3 Å². The molecule has 2 nitrogen and oxygen atoms in total. The summed E-state index contributed by atoms with van der Waals surface area (Å²) in [6.45, 7) is 6.40. The summed E-state index contributed by atoms with van der Waals surface area (Å²) in [7, 11) is 0. The van der Waals surface area contributed by atoms with Gasteiger partial charge in [-0.3, -0.25) is 4.90 Å². The number of halogens is 2. The van der Waals surface area contributed by atoms with Crippen LogP contribution in [0.15, 0.2) is 18.2 Å². The van der Waals surface area contributed by atoms with Crippen LogP contribution in [0, 0.1) is 5.82 Å². The monoisotopic (exact) mass is 272 g/mol. The minimum atomic E-state index is -0.232. The number of hydrogen-bond donors (Lipinski definition) is 1. The van der Waals surface area contributed by atoms with Crippen LogP contribution in [0.3, 0.4) is 0 Å². The Bertz CT molecular complexity index is 371. The molecule has 0 aromatic heterocycles. The molecule has 0 aliphatic rings. The van der Waals surface area contributed by atoms with Gasteiger partial charge in [-0.05, 0) is 37.7 Å². The first kappa shape index (κ1) is 15.4. The van der Waals surface area contributed by atoms with E-state index in [2.05, 4.69) is 18.7 Å². The molecule has 0 amide bonds. The summed E-state index contributed by atoms with van der Waals surface area (Å²) >= 11 is 5.94. The maximum atomic E-state index is 13.9. The van der Waals surface area contributed by atoms with Gasteiger partial charge in [0.05, 0.1) is 0 Å². The number of nitrogens with zero attached hydrogens (tertiary/aromatic N) is 1. The Kier molecular flexibility index (Phi) is 6.61. The van der Waals surface area contributed by atoms with Crippen LogP contribution in [0.2, 0.25) is 5.02 Å². The summed E-state index contributed by atoms with van der Waals surface area (Å²) in [5.41, 5.74) is 6.42. The molecule has 0 bridgehead atoms. The topological polar surface area (TPSA) is 29.3 Å². The third kappa shape index (κ3) is 3.94. The molecule has 0 saturated carbocycles. The van der Waals surface area contributed by atoms with E-state index in [0.29, 0.717) is 17.1 Å². The number of likely N-dealkylation sites (N-methyl/N-ethyl adjacent to an activating group) is 1.